The van der Waals surface area contributed by atoms with Crippen LogP contribution in [0.3, 0.4) is 0 Å². The van der Waals surface area contributed by atoms with Gasteiger partial charge in [-0.2, -0.15) is 0 Å². The highest BCUT2D eigenvalue weighted by Crippen LogP contribution is 2.25. The molecule has 4 heteroatoms. The molecule has 0 aliphatic carbocycles. The maximum absolute atomic E-state index is 12.3. The average molecular weight is 327 g/mol. The van der Waals surface area contributed by atoms with Gasteiger partial charge in [0, 0.05) is 28.2 Å². The summed E-state index contributed by atoms with van der Waals surface area (Å²) in [4.78, 5) is 15.6. The molecule has 3 aromatic rings. The van der Waals surface area contributed by atoms with Crippen LogP contribution in [0.5, 0.6) is 0 Å². The predicted molar refractivity (Wildman–Crippen MR) is 94.8 cm³/mol. The van der Waals surface area contributed by atoms with Crippen LogP contribution in [-0.2, 0) is 17.8 Å². The van der Waals surface area contributed by atoms with Gasteiger partial charge in [-0.05, 0) is 48.7 Å². The normalized spacial score (nSPS) is 10.9. The van der Waals surface area contributed by atoms with Gasteiger partial charge < -0.3 is 10.3 Å². The lowest BCUT2D eigenvalue weighted by atomic mass is 10.1. The Hall–Kier alpha value is -2.26. The molecule has 3 nitrogen and oxygen atoms in total. The number of fused-ring (bicyclic) bond motifs is 1. The SMILES string of the molecule is Cc1ccccc1CNC(=O)Cc1c(C)[nH]c2ccc(Cl)cc12. The van der Waals surface area contributed by atoms with Gasteiger partial charge in [-0.3, -0.25) is 4.79 Å². The van der Waals surface area contributed by atoms with E-state index < -0.39 is 0 Å². The van der Waals surface area contributed by atoms with Crippen molar-refractivity contribution in [2.75, 3.05) is 0 Å². The quantitative estimate of drug-likeness (QED) is 0.737. The molecule has 0 aliphatic heterocycles. The van der Waals surface area contributed by atoms with Crippen molar-refractivity contribution in [2.24, 2.45) is 0 Å². The van der Waals surface area contributed by atoms with Crippen molar-refractivity contribution < 1.29 is 4.79 Å². The van der Waals surface area contributed by atoms with Crippen LogP contribution in [-0.4, -0.2) is 10.9 Å². The van der Waals surface area contributed by atoms with Gasteiger partial charge in [0.05, 0.1) is 6.42 Å². The first-order valence-electron chi connectivity index (χ1n) is 7.62. The third kappa shape index (κ3) is 3.40. The summed E-state index contributed by atoms with van der Waals surface area (Å²) in [5, 5.41) is 4.69. The molecule has 0 spiro atoms. The average Bonchev–Trinajstić information content (AvgIpc) is 2.82. The van der Waals surface area contributed by atoms with Gasteiger partial charge >= 0.3 is 0 Å². The molecule has 1 aromatic heterocycles. The number of halogens is 1. The largest absolute Gasteiger partial charge is 0.358 e. The van der Waals surface area contributed by atoms with Crippen LogP contribution >= 0.6 is 11.6 Å². The lowest BCUT2D eigenvalue weighted by Gasteiger charge is -2.08. The van der Waals surface area contributed by atoms with Crippen LogP contribution in [0.15, 0.2) is 42.5 Å². The predicted octanol–water partition coefficient (Wildman–Crippen LogP) is 4.30. The van der Waals surface area contributed by atoms with E-state index in [1.165, 1.54) is 5.56 Å². The van der Waals surface area contributed by atoms with Gasteiger partial charge in [-0.25, -0.2) is 0 Å². The number of aryl methyl sites for hydroxylation is 2. The second kappa shape index (κ2) is 6.47. The number of carbonyl (C=O) groups is 1. The highest BCUT2D eigenvalue weighted by Gasteiger charge is 2.13. The fourth-order valence-corrected chi connectivity index (χ4v) is 2.98. The maximum atomic E-state index is 12.3. The van der Waals surface area contributed by atoms with E-state index in [1.807, 2.05) is 56.3 Å². The third-order valence-corrected chi connectivity index (χ3v) is 4.39. The molecule has 1 amide bonds. The summed E-state index contributed by atoms with van der Waals surface area (Å²) in [6.07, 6.45) is 0.345. The van der Waals surface area contributed by atoms with E-state index in [4.69, 9.17) is 11.6 Å². The van der Waals surface area contributed by atoms with Gasteiger partial charge in [0.2, 0.25) is 5.91 Å². The highest BCUT2D eigenvalue weighted by atomic mass is 35.5. The Morgan fingerprint density at radius 2 is 1.96 bits per heavy atom. The van der Waals surface area contributed by atoms with E-state index in [1.54, 1.807) is 0 Å². The summed E-state index contributed by atoms with van der Waals surface area (Å²) in [7, 11) is 0. The molecule has 1 heterocycles. The number of benzene rings is 2. The lowest BCUT2D eigenvalue weighted by Crippen LogP contribution is -2.25. The molecule has 2 aromatic carbocycles. The monoisotopic (exact) mass is 326 g/mol. The summed E-state index contributed by atoms with van der Waals surface area (Å²) in [5.41, 5.74) is 5.34. The zero-order valence-electron chi connectivity index (χ0n) is 13.2. The molecule has 0 fully saturated rings. The number of rotatable bonds is 4. The van der Waals surface area contributed by atoms with Crippen LogP contribution in [0.2, 0.25) is 5.02 Å². The number of H-pyrrole nitrogens is 1. The van der Waals surface area contributed by atoms with Crippen molar-refractivity contribution in [3.63, 3.8) is 0 Å². The Labute approximate surface area is 140 Å². The summed E-state index contributed by atoms with van der Waals surface area (Å²) < 4.78 is 0. The number of nitrogens with one attached hydrogen (secondary N) is 2. The minimum absolute atomic E-state index is 0.0113. The second-order valence-corrected chi connectivity index (χ2v) is 6.23. The first-order valence-corrected chi connectivity index (χ1v) is 8.00. The van der Waals surface area contributed by atoms with Gasteiger partial charge in [0.1, 0.15) is 0 Å². The van der Waals surface area contributed by atoms with E-state index in [-0.39, 0.29) is 5.91 Å². The molecule has 0 unspecified atom stereocenters. The van der Waals surface area contributed by atoms with Gasteiger partial charge in [-0.15, -0.1) is 0 Å². The molecule has 23 heavy (non-hydrogen) atoms. The molecule has 0 atom stereocenters. The zero-order chi connectivity index (χ0) is 16.4. The van der Waals surface area contributed by atoms with Crippen molar-refractivity contribution in [3.8, 4) is 0 Å². The van der Waals surface area contributed by atoms with E-state index in [0.29, 0.717) is 18.0 Å². The van der Waals surface area contributed by atoms with E-state index in [0.717, 1.165) is 27.7 Å². The number of hydrogen-bond donors (Lipinski definition) is 2. The van der Waals surface area contributed by atoms with Crippen molar-refractivity contribution in [2.45, 2.75) is 26.8 Å². The number of amides is 1. The number of aromatic amines is 1. The number of hydrogen-bond acceptors (Lipinski definition) is 1. The summed E-state index contributed by atoms with van der Waals surface area (Å²) in [5.74, 6) is 0.0113. The minimum atomic E-state index is 0.0113. The van der Waals surface area contributed by atoms with Crippen LogP contribution in [0, 0.1) is 13.8 Å². The van der Waals surface area contributed by atoms with Crippen molar-refractivity contribution in [3.05, 3.63) is 69.9 Å². The molecule has 3 rings (SSSR count). The summed E-state index contributed by atoms with van der Waals surface area (Å²) in [6.45, 7) is 4.58. The van der Waals surface area contributed by atoms with E-state index in [9.17, 15) is 4.79 Å². The van der Waals surface area contributed by atoms with Crippen molar-refractivity contribution in [1.82, 2.24) is 10.3 Å². The molecule has 118 valence electrons. The Balaban J connectivity index is 1.74. The standard InChI is InChI=1S/C19H19ClN2O/c1-12-5-3-4-6-14(12)11-21-19(23)10-16-13(2)22-18-8-7-15(20)9-17(16)18/h3-9,22H,10-11H2,1-2H3,(H,21,23). The van der Waals surface area contributed by atoms with E-state index in [2.05, 4.69) is 10.3 Å². The van der Waals surface area contributed by atoms with Crippen LogP contribution < -0.4 is 5.32 Å². The first kappa shape index (κ1) is 15.6. The molecule has 0 saturated heterocycles. The van der Waals surface area contributed by atoms with Crippen molar-refractivity contribution in [1.29, 1.82) is 0 Å². The summed E-state index contributed by atoms with van der Waals surface area (Å²) >= 11 is 6.08. The topological polar surface area (TPSA) is 44.9 Å². The molecule has 0 bridgehead atoms. The fourth-order valence-electron chi connectivity index (χ4n) is 2.81. The Morgan fingerprint density at radius 1 is 1.17 bits per heavy atom. The second-order valence-electron chi connectivity index (χ2n) is 5.80. The fraction of sp³-hybridized carbons (Fsp3) is 0.211. The Kier molecular flexibility index (Phi) is 4.39. The maximum Gasteiger partial charge on any atom is 0.224 e. The van der Waals surface area contributed by atoms with Crippen LogP contribution in [0.4, 0.5) is 0 Å². The van der Waals surface area contributed by atoms with Crippen LogP contribution in [0.1, 0.15) is 22.4 Å². The Bertz CT molecular complexity index is 867. The molecule has 0 radical (unpaired) electrons. The minimum Gasteiger partial charge on any atom is -0.358 e. The molecule has 0 saturated carbocycles. The first-order chi connectivity index (χ1) is 11.0. The van der Waals surface area contributed by atoms with Gasteiger partial charge in [0.15, 0.2) is 0 Å². The molecule has 0 aliphatic rings. The Morgan fingerprint density at radius 3 is 2.74 bits per heavy atom. The molecule has 2 N–H and O–H groups in total. The van der Waals surface area contributed by atoms with Gasteiger partial charge in [0.25, 0.3) is 0 Å². The lowest BCUT2D eigenvalue weighted by molar-refractivity contribution is -0.120. The highest BCUT2D eigenvalue weighted by molar-refractivity contribution is 6.31. The summed E-state index contributed by atoms with van der Waals surface area (Å²) in [6, 6.07) is 13.8. The van der Waals surface area contributed by atoms with Crippen LogP contribution in [0.25, 0.3) is 10.9 Å². The third-order valence-electron chi connectivity index (χ3n) is 4.16. The van der Waals surface area contributed by atoms with Gasteiger partial charge in [-0.1, -0.05) is 35.9 Å². The smallest absolute Gasteiger partial charge is 0.224 e. The molecular weight excluding hydrogens is 308 g/mol. The number of carbonyl (C=O) groups excluding carboxylic acids is 1. The number of aromatic nitrogens is 1. The molecular formula is C19H19ClN2O. The zero-order valence-corrected chi connectivity index (χ0v) is 14.0. The van der Waals surface area contributed by atoms with Crippen molar-refractivity contribution >= 4 is 28.4 Å². The van der Waals surface area contributed by atoms with E-state index >= 15 is 0 Å².